The number of benzene rings is 2. The first-order valence-corrected chi connectivity index (χ1v) is 16.5. The van der Waals surface area contributed by atoms with Crippen LogP contribution in [0.3, 0.4) is 0 Å². The zero-order valence-electron chi connectivity index (χ0n) is 23.1. The van der Waals surface area contributed by atoms with Crippen LogP contribution in [0.2, 0.25) is 0 Å². The Balaban J connectivity index is 2.01. The summed E-state index contributed by atoms with van der Waals surface area (Å²) in [6.07, 6.45) is 9.90. The van der Waals surface area contributed by atoms with Gasteiger partial charge in [-0.05, 0) is 48.9 Å². The van der Waals surface area contributed by atoms with Gasteiger partial charge in [0, 0.05) is 49.1 Å². The molecule has 2 aromatic rings. The van der Waals surface area contributed by atoms with E-state index in [1.54, 1.807) is 0 Å². The molecule has 0 unspecified atom stereocenters. The summed E-state index contributed by atoms with van der Waals surface area (Å²) in [5, 5.41) is 0. The maximum Gasteiger partial charge on any atom is 0.104 e. The van der Waals surface area contributed by atoms with Crippen molar-refractivity contribution in [3.63, 3.8) is 0 Å². The molecule has 200 valence electrons. The Morgan fingerprint density at radius 2 is 0.917 bits per heavy atom. The summed E-state index contributed by atoms with van der Waals surface area (Å²) in [6, 6.07) is 17.9. The zero-order valence-corrected chi connectivity index (χ0v) is 25.6. The van der Waals surface area contributed by atoms with E-state index in [9.17, 15) is 0 Å². The minimum Gasteiger partial charge on any atom is -0.371 e. The van der Waals surface area contributed by atoms with Crippen LogP contribution < -0.4 is 9.80 Å². The summed E-state index contributed by atoms with van der Waals surface area (Å²) in [5.74, 6) is 1.88. The van der Waals surface area contributed by atoms with Crippen molar-refractivity contribution in [3.8, 4) is 0 Å². The van der Waals surface area contributed by atoms with Gasteiger partial charge in [-0.2, -0.15) is 0 Å². The molecule has 0 fully saturated rings. The molecule has 0 aromatic heterocycles. The molecular formula is C31H48N2S3. The fourth-order valence-electron chi connectivity index (χ4n) is 4.30. The average Bonchev–Trinajstić information content (AvgIpc) is 2.91. The maximum absolute atomic E-state index is 5.85. The van der Waals surface area contributed by atoms with E-state index in [1.165, 1.54) is 73.9 Å². The zero-order chi connectivity index (χ0) is 26.0. The standard InChI is InChI=1S/C31H48N2S3/c1-5-9-21-32(22-10-6-2)29-19-15-13-17-27(29)25-35-31(34)36-26-28-18-14-16-20-30(28)33(23-11-7-3)24-12-8-4/h13-20H,5-12,21-26H2,1-4H3. The molecule has 2 nitrogen and oxygen atoms in total. The number of hydrogen-bond donors (Lipinski definition) is 0. The van der Waals surface area contributed by atoms with Crippen LogP contribution in [0, 0.1) is 0 Å². The van der Waals surface area contributed by atoms with Crippen molar-refractivity contribution >= 4 is 50.6 Å². The second-order valence-electron chi connectivity index (χ2n) is 9.47. The lowest BCUT2D eigenvalue weighted by Crippen LogP contribution is -2.26. The number of para-hydroxylation sites is 2. The van der Waals surface area contributed by atoms with Crippen molar-refractivity contribution in [3.05, 3.63) is 59.7 Å². The summed E-state index contributed by atoms with van der Waals surface area (Å²) >= 11 is 9.50. The van der Waals surface area contributed by atoms with Crippen molar-refractivity contribution in [2.45, 2.75) is 90.6 Å². The summed E-state index contributed by atoms with van der Waals surface area (Å²) in [6.45, 7) is 13.7. The SMILES string of the molecule is CCCCN(CCCC)c1ccccc1CSC(=S)SCc1ccccc1N(CCCC)CCCC. The van der Waals surface area contributed by atoms with Gasteiger partial charge in [0.25, 0.3) is 0 Å². The van der Waals surface area contributed by atoms with Gasteiger partial charge in [-0.3, -0.25) is 0 Å². The minimum absolute atomic E-state index is 0.942. The van der Waals surface area contributed by atoms with Crippen LogP contribution in [-0.2, 0) is 11.5 Å². The molecule has 5 heteroatoms. The third kappa shape index (κ3) is 11.1. The molecule has 0 radical (unpaired) electrons. The Morgan fingerprint density at radius 3 is 1.25 bits per heavy atom. The summed E-state index contributed by atoms with van der Waals surface area (Å²) in [7, 11) is 0. The number of hydrogen-bond acceptors (Lipinski definition) is 5. The van der Waals surface area contributed by atoms with Gasteiger partial charge in [0.1, 0.15) is 3.53 Å². The first-order chi connectivity index (χ1) is 17.6. The van der Waals surface area contributed by atoms with Crippen molar-refractivity contribution in [2.24, 2.45) is 0 Å². The molecule has 0 aliphatic carbocycles. The number of thioether (sulfide) groups is 2. The summed E-state index contributed by atoms with van der Waals surface area (Å²) in [5.41, 5.74) is 5.60. The van der Waals surface area contributed by atoms with Gasteiger partial charge in [-0.15, -0.1) is 23.5 Å². The topological polar surface area (TPSA) is 6.48 Å². The number of nitrogens with zero attached hydrogens (tertiary/aromatic N) is 2. The predicted molar refractivity (Wildman–Crippen MR) is 172 cm³/mol. The van der Waals surface area contributed by atoms with E-state index in [0.717, 1.165) is 41.2 Å². The van der Waals surface area contributed by atoms with Gasteiger partial charge in [-0.1, -0.05) is 102 Å². The Hall–Kier alpha value is -1.17. The molecule has 36 heavy (non-hydrogen) atoms. The normalized spacial score (nSPS) is 11.0. The van der Waals surface area contributed by atoms with Crippen molar-refractivity contribution in [1.82, 2.24) is 0 Å². The Labute approximate surface area is 236 Å². The average molecular weight is 545 g/mol. The molecule has 2 aromatic carbocycles. The lowest BCUT2D eigenvalue weighted by atomic mass is 10.1. The van der Waals surface area contributed by atoms with Crippen molar-refractivity contribution < 1.29 is 0 Å². The number of thiocarbonyl (C=S) groups is 1. The third-order valence-electron chi connectivity index (χ3n) is 6.48. The molecule has 0 N–H and O–H groups in total. The molecule has 0 amide bonds. The summed E-state index contributed by atoms with van der Waals surface area (Å²) < 4.78 is 1.04. The summed E-state index contributed by atoms with van der Waals surface area (Å²) in [4.78, 5) is 5.19. The van der Waals surface area contributed by atoms with Crippen molar-refractivity contribution in [1.29, 1.82) is 0 Å². The molecule has 2 rings (SSSR count). The quantitative estimate of drug-likeness (QED) is 0.172. The fourth-order valence-corrected chi connectivity index (χ4v) is 6.37. The number of unbranched alkanes of at least 4 members (excludes halogenated alkanes) is 4. The molecule has 0 saturated carbocycles. The van der Waals surface area contributed by atoms with Crippen LogP contribution in [0.4, 0.5) is 11.4 Å². The third-order valence-corrected chi connectivity index (χ3v) is 9.28. The van der Waals surface area contributed by atoms with Gasteiger partial charge in [0.15, 0.2) is 0 Å². The molecule has 0 saturated heterocycles. The molecule has 0 spiro atoms. The van der Waals surface area contributed by atoms with Crippen LogP contribution in [0.25, 0.3) is 0 Å². The van der Waals surface area contributed by atoms with Gasteiger partial charge in [-0.25, -0.2) is 0 Å². The molecule has 0 atom stereocenters. The second-order valence-corrected chi connectivity index (χ2v) is 12.6. The van der Waals surface area contributed by atoms with Gasteiger partial charge >= 0.3 is 0 Å². The van der Waals surface area contributed by atoms with Crippen LogP contribution in [-0.4, -0.2) is 29.7 Å². The minimum atomic E-state index is 0.942. The van der Waals surface area contributed by atoms with E-state index < -0.39 is 0 Å². The highest BCUT2D eigenvalue weighted by molar-refractivity contribution is 8.46. The van der Waals surface area contributed by atoms with E-state index in [1.807, 2.05) is 23.5 Å². The largest absolute Gasteiger partial charge is 0.371 e. The van der Waals surface area contributed by atoms with Crippen molar-refractivity contribution in [2.75, 3.05) is 36.0 Å². The Morgan fingerprint density at radius 1 is 0.583 bits per heavy atom. The lowest BCUT2D eigenvalue weighted by molar-refractivity contribution is 0.676. The van der Waals surface area contributed by atoms with E-state index in [4.69, 9.17) is 12.2 Å². The molecule has 0 bridgehead atoms. The Kier molecular flexibility index (Phi) is 16.4. The van der Waals surface area contributed by atoms with E-state index in [2.05, 4.69) is 86.0 Å². The second kappa shape index (κ2) is 19.0. The molecule has 0 aliphatic heterocycles. The van der Waals surface area contributed by atoms with Crippen LogP contribution in [0.15, 0.2) is 48.5 Å². The predicted octanol–water partition coefficient (Wildman–Crippen LogP) is 9.95. The lowest BCUT2D eigenvalue weighted by Gasteiger charge is -2.27. The number of rotatable bonds is 18. The van der Waals surface area contributed by atoms with E-state index in [0.29, 0.717) is 0 Å². The highest BCUT2D eigenvalue weighted by Crippen LogP contribution is 2.32. The van der Waals surface area contributed by atoms with Crippen LogP contribution >= 0.6 is 35.7 Å². The highest BCUT2D eigenvalue weighted by Gasteiger charge is 2.14. The molecule has 0 heterocycles. The first-order valence-electron chi connectivity index (χ1n) is 14.1. The van der Waals surface area contributed by atoms with Crippen LogP contribution in [0.1, 0.15) is 90.2 Å². The van der Waals surface area contributed by atoms with E-state index in [-0.39, 0.29) is 0 Å². The maximum atomic E-state index is 5.85. The van der Waals surface area contributed by atoms with Crippen LogP contribution in [0.5, 0.6) is 0 Å². The van der Waals surface area contributed by atoms with E-state index >= 15 is 0 Å². The van der Waals surface area contributed by atoms with Gasteiger partial charge in [0.2, 0.25) is 0 Å². The molecule has 0 aliphatic rings. The van der Waals surface area contributed by atoms with Gasteiger partial charge < -0.3 is 9.80 Å². The first kappa shape index (κ1) is 31.1. The monoisotopic (exact) mass is 544 g/mol. The smallest absolute Gasteiger partial charge is 0.104 e. The number of anilines is 2. The Bertz CT molecular complexity index is 785. The molecular weight excluding hydrogens is 497 g/mol. The highest BCUT2D eigenvalue weighted by atomic mass is 32.2. The fraction of sp³-hybridized carbons (Fsp3) is 0.581. The van der Waals surface area contributed by atoms with Gasteiger partial charge in [0.05, 0.1) is 0 Å².